The van der Waals surface area contributed by atoms with Crippen LogP contribution in [0.25, 0.3) is 0 Å². The first-order valence-electron chi connectivity index (χ1n) is 5.52. The number of rotatable bonds is 4. The van der Waals surface area contributed by atoms with E-state index in [1.165, 1.54) is 11.3 Å². The lowest BCUT2D eigenvalue weighted by Gasteiger charge is -2.19. The van der Waals surface area contributed by atoms with E-state index in [1.807, 2.05) is 0 Å². The van der Waals surface area contributed by atoms with Crippen LogP contribution < -0.4 is 0 Å². The molecule has 1 fully saturated rings. The van der Waals surface area contributed by atoms with E-state index in [2.05, 4.69) is 4.98 Å². The number of ether oxygens (including phenoxy) is 2. The van der Waals surface area contributed by atoms with E-state index in [-0.39, 0.29) is 6.61 Å². The first-order chi connectivity index (χ1) is 8.22. The number of aromatic nitrogens is 1. The van der Waals surface area contributed by atoms with Gasteiger partial charge in [0.15, 0.2) is 0 Å². The fourth-order valence-corrected chi connectivity index (χ4v) is 2.97. The Morgan fingerprint density at radius 1 is 1.59 bits per heavy atom. The van der Waals surface area contributed by atoms with E-state index in [9.17, 15) is 4.79 Å². The molecule has 1 aliphatic rings. The summed E-state index contributed by atoms with van der Waals surface area (Å²) in [7, 11) is 1.54. The molecule has 2 rings (SSSR count). The smallest absolute Gasteiger partial charge is 0.347 e. The number of nitrogens with zero attached hydrogens (tertiary/aromatic N) is 1. The molecule has 0 radical (unpaired) electrons. The summed E-state index contributed by atoms with van der Waals surface area (Å²) < 4.78 is 10.3. The summed E-state index contributed by atoms with van der Waals surface area (Å²) >= 11 is 1.27. The van der Waals surface area contributed by atoms with Gasteiger partial charge in [-0.2, -0.15) is 0 Å². The fraction of sp³-hybridized carbons (Fsp3) is 0.636. The normalized spacial score (nSPS) is 17.2. The molecule has 0 atom stereocenters. The maximum Gasteiger partial charge on any atom is 0.347 e. The Hall–Kier alpha value is -0.980. The summed E-state index contributed by atoms with van der Waals surface area (Å²) in [5.41, 5.74) is 0.534. The van der Waals surface area contributed by atoms with Crippen molar-refractivity contribution >= 4 is 17.3 Å². The molecular formula is C11H15NO4S. The number of thiazole rings is 1. The third-order valence-electron chi connectivity index (χ3n) is 2.76. The first-order valence-corrected chi connectivity index (χ1v) is 6.33. The van der Waals surface area contributed by atoms with Gasteiger partial charge in [-0.15, -0.1) is 11.3 Å². The van der Waals surface area contributed by atoms with E-state index < -0.39 is 5.97 Å². The van der Waals surface area contributed by atoms with Crippen LogP contribution in [0.15, 0.2) is 0 Å². The largest absolute Gasteiger partial charge is 0.477 e. The molecule has 94 valence electrons. The van der Waals surface area contributed by atoms with Crippen LogP contribution >= 0.6 is 11.3 Å². The minimum Gasteiger partial charge on any atom is -0.477 e. The van der Waals surface area contributed by atoms with Crippen molar-refractivity contribution in [3.05, 3.63) is 15.6 Å². The molecule has 5 nitrogen and oxygen atoms in total. The Bertz CT molecular complexity index is 398. The van der Waals surface area contributed by atoms with Crippen molar-refractivity contribution in [1.29, 1.82) is 0 Å². The Kier molecular flexibility index (Phi) is 4.09. The molecule has 0 aromatic carbocycles. The van der Waals surface area contributed by atoms with E-state index >= 15 is 0 Å². The van der Waals surface area contributed by atoms with Crippen LogP contribution in [0.3, 0.4) is 0 Å². The van der Waals surface area contributed by atoms with E-state index in [4.69, 9.17) is 14.6 Å². The fourth-order valence-electron chi connectivity index (χ4n) is 1.89. The minimum atomic E-state index is -0.923. The lowest BCUT2D eigenvalue weighted by atomic mass is 10.0. The molecule has 1 N–H and O–H groups in total. The summed E-state index contributed by atoms with van der Waals surface area (Å²) in [5, 5.41) is 9.99. The van der Waals surface area contributed by atoms with Crippen LogP contribution in [0.1, 0.15) is 39.1 Å². The topological polar surface area (TPSA) is 68.7 Å². The van der Waals surface area contributed by atoms with Gasteiger partial charge in [0, 0.05) is 26.2 Å². The molecule has 6 heteroatoms. The maximum absolute atomic E-state index is 11.1. The van der Waals surface area contributed by atoms with Crippen LogP contribution in [0, 0.1) is 0 Å². The summed E-state index contributed by atoms with van der Waals surface area (Å²) in [6.45, 7) is 1.71. The number of carboxylic acids is 1. The van der Waals surface area contributed by atoms with Gasteiger partial charge in [0.1, 0.15) is 4.88 Å². The summed E-state index contributed by atoms with van der Waals surface area (Å²) in [6.07, 6.45) is 1.83. The second-order valence-corrected chi connectivity index (χ2v) is 4.98. The lowest BCUT2D eigenvalue weighted by molar-refractivity contribution is 0.0696. The molecule has 0 bridgehead atoms. The van der Waals surface area contributed by atoms with Crippen molar-refractivity contribution in [2.45, 2.75) is 25.4 Å². The summed E-state index contributed by atoms with van der Waals surface area (Å²) in [5.74, 6) is -0.592. The Labute approximate surface area is 103 Å². The molecule has 0 unspecified atom stereocenters. The second-order valence-electron chi connectivity index (χ2n) is 3.95. The van der Waals surface area contributed by atoms with Gasteiger partial charge >= 0.3 is 5.97 Å². The molecule has 1 aromatic heterocycles. The lowest BCUT2D eigenvalue weighted by Crippen LogP contribution is -2.13. The molecule has 0 amide bonds. The van der Waals surface area contributed by atoms with Crippen molar-refractivity contribution in [3.8, 4) is 0 Å². The zero-order chi connectivity index (χ0) is 12.3. The maximum atomic E-state index is 11.1. The zero-order valence-electron chi connectivity index (χ0n) is 9.64. The summed E-state index contributed by atoms with van der Waals surface area (Å²) in [4.78, 5) is 15.8. The number of methoxy groups -OCH3 is 1. The van der Waals surface area contributed by atoms with Gasteiger partial charge in [0.25, 0.3) is 0 Å². The van der Waals surface area contributed by atoms with Crippen LogP contribution in [-0.2, 0) is 16.1 Å². The minimum absolute atomic E-state index is 0.251. The SMILES string of the molecule is COCc1nc(C2CCOCC2)sc1C(=O)O. The predicted molar refractivity (Wildman–Crippen MR) is 62.6 cm³/mol. The van der Waals surface area contributed by atoms with Crippen molar-refractivity contribution in [2.24, 2.45) is 0 Å². The van der Waals surface area contributed by atoms with Gasteiger partial charge in [0.2, 0.25) is 0 Å². The Morgan fingerprint density at radius 2 is 2.29 bits per heavy atom. The third-order valence-corrected chi connectivity index (χ3v) is 4.01. The Morgan fingerprint density at radius 3 is 2.88 bits per heavy atom. The molecule has 0 aliphatic carbocycles. The highest BCUT2D eigenvalue weighted by atomic mass is 32.1. The average Bonchev–Trinajstić information content (AvgIpc) is 2.75. The second kappa shape index (κ2) is 5.57. The van der Waals surface area contributed by atoms with Crippen molar-refractivity contribution < 1.29 is 19.4 Å². The highest BCUT2D eigenvalue weighted by Crippen LogP contribution is 2.32. The van der Waals surface area contributed by atoms with Crippen molar-refractivity contribution in [1.82, 2.24) is 4.98 Å². The molecule has 1 saturated heterocycles. The van der Waals surface area contributed by atoms with Gasteiger partial charge < -0.3 is 14.6 Å². The average molecular weight is 257 g/mol. The van der Waals surface area contributed by atoms with Gasteiger partial charge in [-0.1, -0.05) is 0 Å². The van der Waals surface area contributed by atoms with Crippen LogP contribution in [0.4, 0.5) is 0 Å². The molecular weight excluding hydrogens is 242 g/mol. The van der Waals surface area contributed by atoms with Crippen LogP contribution in [0.2, 0.25) is 0 Å². The number of aromatic carboxylic acids is 1. The van der Waals surface area contributed by atoms with Crippen molar-refractivity contribution in [3.63, 3.8) is 0 Å². The quantitative estimate of drug-likeness (QED) is 0.892. The van der Waals surface area contributed by atoms with Crippen LogP contribution in [0.5, 0.6) is 0 Å². The number of carboxylic acid groups (broad SMARTS) is 1. The Balaban J connectivity index is 2.22. The first kappa shape index (κ1) is 12.5. The van der Waals surface area contributed by atoms with Crippen molar-refractivity contribution in [2.75, 3.05) is 20.3 Å². The monoisotopic (exact) mass is 257 g/mol. The standard InChI is InChI=1S/C11H15NO4S/c1-15-6-8-9(11(13)14)17-10(12-8)7-2-4-16-5-3-7/h7H,2-6H2,1H3,(H,13,14). The predicted octanol–water partition coefficient (Wildman–Crippen LogP) is 1.88. The zero-order valence-corrected chi connectivity index (χ0v) is 10.5. The van der Waals surface area contributed by atoms with E-state index in [0.29, 0.717) is 16.5 Å². The van der Waals surface area contributed by atoms with Gasteiger partial charge in [0.05, 0.1) is 17.3 Å². The number of hydrogen-bond acceptors (Lipinski definition) is 5. The van der Waals surface area contributed by atoms with Gasteiger partial charge in [-0.05, 0) is 12.8 Å². The molecule has 1 aromatic rings. The molecule has 0 spiro atoms. The molecule has 0 saturated carbocycles. The highest BCUT2D eigenvalue weighted by molar-refractivity contribution is 7.13. The summed E-state index contributed by atoms with van der Waals surface area (Å²) in [6, 6.07) is 0. The number of hydrogen-bond donors (Lipinski definition) is 1. The molecule has 17 heavy (non-hydrogen) atoms. The van der Waals surface area contributed by atoms with Gasteiger partial charge in [-0.3, -0.25) is 0 Å². The van der Waals surface area contributed by atoms with Gasteiger partial charge in [-0.25, -0.2) is 9.78 Å². The third kappa shape index (κ3) is 2.83. The van der Waals surface area contributed by atoms with E-state index in [1.54, 1.807) is 7.11 Å². The van der Waals surface area contributed by atoms with Crippen LogP contribution in [-0.4, -0.2) is 36.4 Å². The highest BCUT2D eigenvalue weighted by Gasteiger charge is 2.24. The van der Waals surface area contributed by atoms with E-state index in [0.717, 1.165) is 31.1 Å². The number of carbonyl (C=O) groups is 1. The molecule has 1 aliphatic heterocycles. The molecule has 2 heterocycles.